The Morgan fingerprint density at radius 3 is 2.50 bits per heavy atom. The van der Waals surface area contributed by atoms with Crippen molar-refractivity contribution in [2.75, 3.05) is 11.5 Å². The maximum absolute atomic E-state index is 11.3. The van der Waals surface area contributed by atoms with E-state index in [0.717, 1.165) is 30.0 Å². The highest BCUT2D eigenvalue weighted by Gasteiger charge is 2.22. The van der Waals surface area contributed by atoms with Crippen molar-refractivity contribution in [3.05, 3.63) is 17.0 Å². The Balaban J connectivity index is 2.03. The van der Waals surface area contributed by atoms with Gasteiger partial charge in [-0.1, -0.05) is 0 Å². The minimum absolute atomic E-state index is 0.315. The third-order valence-corrected chi connectivity index (χ3v) is 5.25. The van der Waals surface area contributed by atoms with E-state index >= 15 is 0 Å². The third kappa shape index (κ3) is 2.83. The Kier molecular flexibility index (Phi) is 4.22. The molecule has 0 amide bonds. The van der Waals surface area contributed by atoms with Crippen molar-refractivity contribution in [2.45, 2.75) is 45.7 Å². The minimum atomic E-state index is -0.581. The Bertz CT molecular complexity index is 445. The van der Waals surface area contributed by atoms with Crippen molar-refractivity contribution in [1.29, 1.82) is 0 Å². The van der Waals surface area contributed by atoms with E-state index in [2.05, 4.69) is 31.2 Å². The number of nitrogens with zero attached hydrogens (tertiary/aromatic N) is 2. The second-order valence-corrected chi connectivity index (χ2v) is 6.91. The van der Waals surface area contributed by atoms with E-state index in [1.807, 2.05) is 11.7 Å². The summed E-state index contributed by atoms with van der Waals surface area (Å²) in [5.41, 5.74) is 3.64. The molecule has 1 aromatic heterocycles. The summed E-state index contributed by atoms with van der Waals surface area (Å²) in [5, 5.41) is 8.13. The molecule has 1 aromatic rings. The van der Waals surface area contributed by atoms with Crippen LogP contribution in [0.3, 0.4) is 0 Å². The first-order valence-electron chi connectivity index (χ1n) is 6.60. The Morgan fingerprint density at radius 1 is 1.39 bits per heavy atom. The maximum Gasteiger partial charge on any atom is 0.0644 e. The van der Waals surface area contributed by atoms with Gasteiger partial charge < -0.3 is 5.32 Å². The Hall–Kier alpha value is -0.680. The van der Waals surface area contributed by atoms with Gasteiger partial charge in [-0.15, -0.1) is 0 Å². The fourth-order valence-electron chi connectivity index (χ4n) is 2.81. The van der Waals surface area contributed by atoms with Crippen molar-refractivity contribution in [3.8, 4) is 0 Å². The largest absolute Gasteiger partial charge is 0.307 e. The Morgan fingerprint density at radius 2 is 2.00 bits per heavy atom. The molecule has 0 aromatic carbocycles. The number of rotatable bonds is 3. The lowest BCUT2D eigenvalue weighted by Crippen LogP contribution is -2.37. The molecule has 2 heterocycles. The fraction of sp³-hybridized carbons (Fsp3) is 0.769. The third-order valence-electron chi connectivity index (χ3n) is 3.87. The molecule has 102 valence electrons. The van der Waals surface area contributed by atoms with Gasteiger partial charge in [-0.3, -0.25) is 8.89 Å². The first kappa shape index (κ1) is 13.7. The lowest BCUT2D eigenvalue weighted by Gasteiger charge is -2.26. The van der Waals surface area contributed by atoms with Crippen LogP contribution in [0, 0.1) is 13.8 Å². The summed E-state index contributed by atoms with van der Waals surface area (Å²) in [6, 6.07) is 0.812. The average molecular weight is 269 g/mol. The molecular weight excluding hydrogens is 246 g/mol. The predicted octanol–water partition coefficient (Wildman–Crippen LogP) is 1.60. The summed E-state index contributed by atoms with van der Waals surface area (Å²) in [6.07, 6.45) is 2.05. The molecule has 0 radical (unpaired) electrons. The molecule has 2 rings (SSSR count). The molecule has 0 saturated carbocycles. The van der Waals surface area contributed by atoms with Crippen LogP contribution < -0.4 is 5.32 Å². The van der Waals surface area contributed by atoms with Crippen LogP contribution in [0.4, 0.5) is 0 Å². The molecule has 1 unspecified atom stereocenters. The van der Waals surface area contributed by atoms with E-state index in [-0.39, 0.29) is 0 Å². The maximum atomic E-state index is 11.3. The van der Waals surface area contributed by atoms with Crippen LogP contribution in [0.5, 0.6) is 0 Å². The van der Waals surface area contributed by atoms with Crippen molar-refractivity contribution < 1.29 is 4.21 Å². The van der Waals surface area contributed by atoms with Crippen LogP contribution in [-0.2, 0) is 17.8 Å². The topological polar surface area (TPSA) is 46.9 Å². The van der Waals surface area contributed by atoms with Gasteiger partial charge in [0, 0.05) is 52.7 Å². The molecule has 1 aliphatic heterocycles. The van der Waals surface area contributed by atoms with Gasteiger partial charge in [0.25, 0.3) is 0 Å². The van der Waals surface area contributed by atoms with E-state index in [4.69, 9.17) is 0 Å². The number of hydrogen-bond donors (Lipinski definition) is 1. The van der Waals surface area contributed by atoms with E-state index < -0.39 is 10.8 Å². The van der Waals surface area contributed by atoms with Crippen LogP contribution in [0.25, 0.3) is 0 Å². The molecule has 0 spiro atoms. The van der Waals surface area contributed by atoms with Gasteiger partial charge in [-0.25, -0.2) is 0 Å². The highest BCUT2D eigenvalue weighted by atomic mass is 32.2. The van der Waals surface area contributed by atoms with Crippen molar-refractivity contribution in [2.24, 2.45) is 7.05 Å². The smallest absolute Gasteiger partial charge is 0.0644 e. The van der Waals surface area contributed by atoms with Crippen molar-refractivity contribution >= 4 is 10.8 Å². The SMILES string of the molecule is Cc1nn(C)c(C)c1C(C)NC1CCS(=O)CC1. The number of aromatic nitrogens is 2. The molecular formula is C13H23N3OS. The van der Waals surface area contributed by atoms with Gasteiger partial charge >= 0.3 is 0 Å². The second-order valence-electron chi connectivity index (χ2n) is 5.22. The van der Waals surface area contributed by atoms with Crippen LogP contribution in [0.2, 0.25) is 0 Å². The van der Waals surface area contributed by atoms with Crippen molar-refractivity contribution in [1.82, 2.24) is 15.1 Å². The zero-order valence-corrected chi connectivity index (χ0v) is 12.5. The zero-order valence-electron chi connectivity index (χ0n) is 11.7. The summed E-state index contributed by atoms with van der Waals surface area (Å²) >= 11 is 0. The summed E-state index contributed by atoms with van der Waals surface area (Å²) in [6.45, 7) is 6.38. The molecule has 1 saturated heterocycles. The minimum Gasteiger partial charge on any atom is -0.307 e. The second kappa shape index (κ2) is 5.53. The van der Waals surface area contributed by atoms with Crippen LogP contribution in [-0.4, -0.2) is 31.5 Å². The molecule has 1 fully saturated rings. The number of nitrogens with one attached hydrogen (secondary N) is 1. The van der Waals surface area contributed by atoms with Gasteiger partial charge in [0.15, 0.2) is 0 Å². The highest BCUT2D eigenvalue weighted by Crippen LogP contribution is 2.22. The molecule has 4 nitrogen and oxygen atoms in total. The first-order valence-corrected chi connectivity index (χ1v) is 8.09. The summed E-state index contributed by atoms with van der Waals surface area (Å²) in [7, 11) is 1.41. The van der Waals surface area contributed by atoms with Gasteiger partial charge in [-0.05, 0) is 33.6 Å². The number of hydrogen-bond acceptors (Lipinski definition) is 3. The molecule has 1 aliphatic rings. The molecule has 0 aliphatic carbocycles. The van der Waals surface area contributed by atoms with Gasteiger partial charge in [0.05, 0.1) is 5.69 Å². The van der Waals surface area contributed by atoms with E-state index in [0.29, 0.717) is 12.1 Å². The molecule has 0 bridgehead atoms. The summed E-state index contributed by atoms with van der Waals surface area (Å²) in [4.78, 5) is 0. The molecule has 1 N–H and O–H groups in total. The van der Waals surface area contributed by atoms with Crippen molar-refractivity contribution in [3.63, 3.8) is 0 Å². The van der Waals surface area contributed by atoms with Crippen LogP contribution in [0.1, 0.15) is 42.8 Å². The molecule has 18 heavy (non-hydrogen) atoms. The van der Waals surface area contributed by atoms with E-state index in [1.54, 1.807) is 0 Å². The van der Waals surface area contributed by atoms with Gasteiger partial charge in [0.1, 0.15) is 0 Å². The van der Waals surface area contributed by atoms with Crippen LogP contribution in [0.15, 0.2) is 0 Å². The fourth-order valence-corrected chi connectivity index (χ4v) is 4.11. The number of aryl methyl sites for hydroxylation is 2. The highest BCUT2D eigenvalue weighted by molar-refractivity contribution is 7.85. The monoisotopic (exact) mass is 269 g/mol. The Labute approximate surface area is 112 Å². The first-order chi connectivity index (χ1) is 8.49. The quantitative estimate of drug-likeness (QED) is 0.906. The summed E-state index contributed by atoms with van der Waals surface area (Å²) in [5.74, 6) is 1.69. The standard InChI is InChI=1S/C13H23N3OS/c1-9(13-10(2)15-16(4)11(13)3)14-12-5-7-18(17)8-6-12/h9,12,14H,5-8H2,1-4H3. The van der Waals surface area contributed by atoms with Crippen LogP contribution >= 0.6 is 0 Å². The lowest BCUT2D eigenvalue weighted by atomic mass is 10.0. The summed E-state index contributed by atoms with van der Waals surface area (Å²) < 4.78 is 13.3. The molecule has 1 atom stereocenters. The zero-order chi connectivity index (χ0) is 13.3. The van der Waals surface area contributed by atoms with E-state index in [9.17, 15) is 4.21 Å². The van der Waals surface area contributed by atoms with E-state index in [1.165, 1.54) is 11.3 Å². The van der Waals surface area contributed by atoms with Gasteiger partial charge in [0.2, 0.25) is 0 Å². The molecule has 5 heteroatoms. The normalized spacial score (nSPS) is 26.2. The van der Waals surface area contributed by atoms with Gasteiger partial charge in [-0.2, -0.15) is 5.10 Å². The predicted molar refractivity (Wildman–Crippen MR) is 75.1 cm³/mol. The lowest BCUT2D eigenvalue weighted by molar-refractivity contribution is 0.425. The average Bonchev–Trinajstić information content (AvgIpc) is 2.56.